The first-order valence-electron chi connectivity index (χ1n) is 5.89. The van der Waals surface area contributed by atoms with Crippen molar-refractivity contribution in [1.29, 1.82) is 0 Å². The molecule has 0 spiro atoms. The van der Waals surface area contributed by atoms with E-state index in [1.807, 2.05) is 0 Å². The minimum atomic E-state index is -1.33. The molecule has 2 aromatic rings. The third kappa shape index (κ3) is 3.03. The fraction of sp³-hybridized carbons (Fsp3) is 0.143. The molecule has 0 aliphatic carbocycles. The lowest BCUT2D eigenvalue weighted by atomic mass is 10.2. The molecule has 0 unspecified atom stereocenters. The molecule has 104 valence electrons. The molecule has 0 fully saturated rings. The van der Waals surface area contributed by atoms with E-state index in [0.717, 1.165) is 11.8 Å². The van der Waals surface area contributed by atoms with Gasteiger partial charge in [0.05, 0.1) is 12.1 Å². The molecular formula is C14H13FN2O3. The third-order valence-electron chi connectivity index (χ3n) is 2.75. The van der Waals surface area contributed by atoms with Crippen LogP contribution in [0, 0.1) is 12.7 Å². The number of anilines is 1. The topological polar surface area (TPSA) is 82.5 Å². The zero-order valence-corrected chi connectivity index (χ0v) is 10.7. The number of pyridine rings is 1. The van der Waals surface area contributed by atoms with Crippen molar-refractivity contribution in [2.24, 2.45) is 0 Å². The number of aryl methyl sites for hydroxylation is 1. The van der Waals surface area contributed by atoms with E-state index >= 15 is 0 Å². The van der Waals surface area contributed by atoms with Crippen molar-refractivity contribution in [3.63, 3.8) is 0 Å². The van der Waals surface area contributed by atoms with Gasteiger partial charge in [-0.3, -0.25) is 4.98 Å². The molecule has 0 aliphatic rings. The lowest BCUT2D eigenvalue weighted by molar-refractivity contribution is 0.0692. The summed E-state index contributed by atoms with van der Waals surface area (Å²) in [7, 11) is 0. The zero-order valence-electron chi connectivity index (χ0n) is 10.7. The van der Waals surface area contributed by atoms with Crippen LogP contribution in [0.4, 0.5) is 10.1 Å². The minimum Gasteiger partial charge on any atom is -0.506 e. The minimum absolute atomic E-state index is 0.0451. The van der Waals surface area contributed by atoms with Crippen LogP contribution >= 0.6 is 0 Å². The number of nitrogens with zero attached hydrogens (tertiary/aromatic N) is 1. The van der Waals surface area contributed by atoms with E-state index in [0.29, 0.717) is 11.4 Å². The zero-order chi connectivity index (χ0) is 14.7. The van der Waals surface area contributed by atoms with E-state index in [2.05, 4.69) is 10.3 Å². The number of carboxylic acids is 1. The summed E-state index contributed by atoms with van der Waals surface area (Å²) in [5, 5.41) is 21.4. The van der Waals surface area contributed by atoms with Crippen LogP contribution in [0.3, 0.4) is 0 Å². The van der Waals surface area contributed by atoms with E-state index in [9.17, 15) is 14.3 Å². The van der Waals surface area contributed by atoms with Gasteiger partial charge in [-0.2, -0.15) is 0 Å². The number of carboxylic acid groups (broad SMARTS) is 1. The molecule has 1 heterocycles. The van der Waals surface area contributed by atoms with Crippen molar-refractivity contribution in [3.8, 4) is 5.75 Å². The van der Waals surface area contributed by atoms with Crippen molar-refractivity contribution >= 4 is 11.7 Å². The van der Waals surface area contributed by atoms with Gasteiger partial charge in [-0.1, -0.05) is 0 Å². The predicted octanol–water partition coefficient (Wildman–Crippen LogP) is 2.55. The first-order chi connectivity index (χ1) is 9.47. The van der Waals surface area contributed by atoms with Crippen LogP contribution in [0.2, 0.25) is 0 Å². The van der Waals surface area contributed by atoms with Crippen LogP contribution in [0.5, 0.6) is 5.75 Å². The van der Waals surface area contributed by atoms with Crippen molar-refractivity contribution in [3.05, 3.63) is 53.1 Å². The third-order valence-corrected chi connectivity index (χ3v) is 2.75. The molecule has 1 aromatic heterocycles. The average molecular weight is 276 g/mol. The van der Waals surface area contributed by atoms with Crippen LogP contribution < -0.4 is 5.32 Å². The second kappa shape index (κ2) is 5.56. The van der Waals surface area contributed by atoms with E-state index in [1.165, 1.54) is 18.2 Å². The molecule has 0 amide bonds. The summed E-state index contributed by atoms with van der Waals surface area (Å²) in [6.07, 6.45) is 0. The van der Waals surface area contributed by atoms with Gasteiger partial charge in [-0.25, -0.2) is 9.18 Å². The smallest absolute Gasteiger partial charge is 0.338 e. The molecule has 0 radical (unpaired) electrons. The largest absolute Gasteiger partial charge is 0.506 e. The van der Waals surface area contributed by atoms with Crippen molar-refractivity contribution in [2.75, 3.05) is 5.32 Å². The quantitative estimate of drug-likeness (QED) is 0.799. The molecule has 6 heteroatoms. The van der Waals surface area contributed by atoms with Gasteiger partial charge in [0, 0.05) is 11.4 Å². The van der Waals surface area contributed by atoms with Gasteiger partial charge in [0.25, 0.3) is 0 Å². The number of benzene rings is 1. The number of aromatic carboxylic acids is 1. The Bertz CT molecular complexity index is 659. The first-order valence-corrected chi connectivity index (χ1v) is 5.89. The number of hydrogen-bond acceptors (Lipinski definition) is 4. The molecule has 20 heavy (non-hydrogen) atoms. The highest BCUT2D eigenvalue weighted by Gasteiger charge is 2.11. The van der Waals surface area contributed by atoms with Gasteiger partial charge in [0.15, 0.2) is 0 Å². The van der Waals surface area contributed by atoms with Crippen LogP contribution in [0.15, 0.2) is 30.3 Å². The standard InChI is InChI=1S/C14H13FN2O3/c1-8-2-5-13(18)12(17-8)7-16-9-3-4-11(15)10(6-9)14(19)20/h2-6,16,18H,7H2,1H3,(H,19,20). The Morgan fingerprint density at radius 1 is 1.35 bits per heavy atom. The number of carbonyl (C=O) groups is 1. The molecule has 0 aliphatic heterocycles. The lowest BCUT2D eigenvalue weighted by Gasteiger charge is -2.09. The van der Waals surface area contributed by atoms with Crippen LogP contribution in [-0.4, -0.2) is 21.2 Å². The Balaban J connectivity index is 2.17. The summed E-state index contributed by atoms with van der Waals surface area (Å²) in [5.74, 6) is -2.08. The second-order valence-electron chi connectivity index (χ2n) is 4.27. The maximum Gasteiger partial charge on any atom is 0.338 e. The maximum atomic E-state index is 13.2. The molecule has 5 nitrogen and oxygen atoms in total. The molecule has 1 aromatic carbocycles. The average Bonchev–Trinajstić information content (AvgIpc) is 2.41. The van der Waals surface area contributed by atoms with Gasteiger partial charge in [-0.15, -0.1) is 0 Å². The molecule has 0 atom stereocenters. The van der Waals surface area contributed by atoms with Gasteiger partial charge >= 0.3 is 5.97 Å². The molecular weight excluding hydrogens is 263 g/mol. The SMILES string of the molecule is Cc1ccc(O)c(CNc2ccc(F)c(C(=O)O)c2)n1. The van der Waals surface area contributed by atoms with Crippen molar-refractivity contribution < 1.29 is 19.4 Å². The summed E-state index contributed by atoms with van der Waals surface area (Å²) in [5.41, 5.74) is 1.22. The highest BCUT2D eigenvalue weighted by Crippen LogP contribution is 2.19. The van der Waals surface area contributed by atoms with Crippen LogP contribution in [0.1, 0.15) is 21.7 Å². The summed E-state index contributed by atoms with van der Waals surface area (Å²) < 4.78 is 13.2. The fourth-order valence-corrected chi connectivity index (χ4v) is 1.72. The van der Waals surface area contributed by atoms with Crippen LogP contribution in [-0.2, 0) is 6.54 Å². The second-order valence-corrected chi connectivity index (χ2v) is 4.27. The van der Waals surface area contributed by atoms with E-state index in [1.54, 1.807) is 13.0 Å². The Labute approximate surface area is 114 Å². The Morgan fingerprint density at radius 2 is 2.10 bits per heavy atom. The predicted molar refractivity (Wildman–Crippen MR) is 71.3 cm³/mol. The summed E-state index contributed by atoms with van der Waals surface area (Å²) in [6, 6.07) is 6.92. The number of aromatic nitrogens is 1. The molecule has 0 saturated carbocycles. The number of nitrogens with one attached hydrogen (secondary N) is 1. The van der Waals surface area contributed by atoms with Gasteiger partial charge < -0.3 is 15.5 Å². The van der Waals surface area contributed by atoms with E-state index in [4.69, 9.17) is 5.11 Å². The van der Waals surface area contributed by atoms with E-state index < -0.39 is 17.3 Å². The summed E-state index contributed by atoms with van der Waals surface area (Å²) >= 11 is 0. The fourth-order valence-electron chi connectivity index (χ4n) is 1.72. The van der Waals surface area contributed by atoms with E-state index in [-0.39, 0.29) is 12.3 Å². The normalized spacial score (nSPS) is 10.3. The Kier molecular flexibility index (Phi) is 3.84. The summed E-state index contributed by atoms with van der Waals surface area (Å²) in [4.78, 5) is 15.0. The van der Waals surface area contributed by atoms with Gasteiger partial charge in [-0.05, 0) is 37.3 Å². The maximum absolute atomic E-state index is 13.2. The molecule has 0 bridgehead atoms. The monoisotopic (exact) mass is 276 g/mol. The van der Waals surface area contributed by atoms with Gasteiger partial charge in [0.1, 0.15) is 17.3 Å². The van der Waals surface area contributed by atoms with Crippen molar-refractivity contribution in [2.45, 2.75) is 13.5 Å². The lowest BCUT2D eigenvalue weighted by Crippen LogP contribution is -2.06. The molecule has 2 rings (SSSR count). The number of rotatable bonds is 4. The molecule has 0 saturated heterocycles. The number of aromatic hydroxyl groups is 1. The first kappa shape index (κ1) is 13.8. The molecule has 3 N–H and O–H groups in total. The van der Waals surface area contributed by atoms with Crippen molar-refractivity contribution in [1.82, 2.24) is 4.98 Å². The Hall–Kier alpha value is -2.63. The van der Waals surface area contributed by atoms with Crippen LogP contribution in [0.25, 0.3) is 0 Å². The number of hydrogen-bond donors (Lipinski definition) is 3. The number of halogens is 1. The highest BCUT2D eigenvalue weighted by molar-refractivity contribution is 5.89. The Morgan fingerprint density at radius 3 is 2.80 bits per heavy atom. The highest BCUT2D eigenvalue weighted by atomic mass is 19.1. The van der Waals surface area contributed by atoms with Gasteiger partial charge in [0.2, 0.25) is 0 Å². The summed E-state index contributed by atoms with van der Waals surface area (Å²) in [6.45, 7) is 2.00.